The average Bonchev–Trinajstić information content (AvgIpc) is 2.90. The molecule has 1 aliphatic carbocycles. The van der Waals surface area contributed by atoms with Crippen molar-refractivity contribution in [3.05, 3.63) is 42.7 Å². The van der Waals surface area contributed by atoms with Gasteiger partial charge >= 0.3 is 0 Å². The van der Waals surface area contributed by atoms with E-state index in [4.69, 9.17) is 11.6 Å². The predicted molar refractivity (Wildman–Crippen MR) is 79.0 cm³/mol. The lowest BCUT2D eigenvalue weighted by Gasteiger charge is -2.06. The summed E-state index contributed by atoms with van der Waals surface area (Å²) in [7, 11) is 0. The van der Waals surface area contributed by atoms with Gasteiger partial charge in [-0.1, -0.05) is 18.0 Å². The first-order chi connectivity index (χ1) is 8.75. The van der Waals surface area contributed by atoms with Crippen LogP contribution in [-0.4, -0.2) is 5.11 Å². The highest BCUT2D eigenvalue weighted by atomic mass is 35.5. The van der Waals surface area contributed by atoms with Crippen molar-refractivity contribution in [2.24, 2.45) is 0 Å². The van der Waals surface area contributed by atoms with Crippen molar-refractivity contribution >= 4 is 34.3 Å². The van der Waals surface area contributed by atoms with Gasteiger partial charge in [0.1, 0.15) is 6.10 Å². The fraction of sp³-hybridized carbons (Fsp3) is 0.429. The fourth-order valence-corrected chi connectivity index (χ4v) is 4.95. The summed E-state index contributed by atoms with van der Waals surface area (Å²) in [5.41, 5.74) is 1.44. The molecule has 0 aromatic carbocycles. The molecule has 2 heterocycles. The molecule has 0 spiro atoms. The van der Waals surface area contributed by atoms with Gasteiger partial charge in [0.05, 0.1) is 9.90 Å². The van der Waals surface area contributed by atoms with Crippen LogP contribution in [0.1, 0.15) is 45.6 Å². The summed E-state index contributed by atoms with van der Waals surface area (Å²) in [6.07, 6.45) is 5.67. The third-order valence-electron chi connectivity index (χ3n) is 3.43. The van der Waals surface area contributed by atoms with Crippen LogP contribution in [0.4, 0.5) is 0 Å². The largest absolute Gasteiger partial charge is 0.382 e. The lowest BCUT2D eigenvalue weighted by atomic mass is 10.1. The summed E-state index contributed by atoms with van der Waals surface area (Å²) in [4.78, 5) is 3.38. The van der Waals surface area contributed by atoms with Crippen LogP contribution in [0.25, 0.3) is 0 Å². The molecule has 2 aromatic heterocycles. The minimum Gasteiger partial charge on any atom is -0.382 e. The monoisotopic (exact) mass is 298 g/mol. The molecule has 0 aliphatic heterocycles. The molecule has 18 heavy (non-hydrogen) atoms. The second kappa shape index (κ2) is 5.33. The number of halogens is 1. The van der Waals surface area contributed by atoms with Gasteiger partial charge in [-0.25, -0.2) is 0 Å². The van der Waals surface area contributed by atoms with Crippen LogP contribution in [-0.2, 0) is 12.8 Å². The zero-order chi connectivity index (χ0) is 12.5. The molecule has 2 aromatic rings. The minimum absolute atomic E-state index is 0.547. The number of thiophene rings is 2. The summed E-state index contributed by atoms with van der Waals surface area (Å²) < 4.78 is 0. The van der Waals surface area contributed by atoms with Crippen LogP contribution < -0.4 is 0 Å². The van der Waals surface area contributed by atoms with E-state index in [1.165, 1.54) is 47.5 Å². The Morgan fingerprint density at radius 3 is 2.83 bits per heavy atom. The molecule has 96 valence electrons. The Kier molecular flexibility index (Phi) is 3.76. The molecule has 1 unspecified atom stereocenters. The highest BCUT2D eigenvalue weighted by Crippen LogP contribution is 2.38. The Morgan fingerprint density at radius 2 is 2.06 bits per heavy atom. The molecule has 1 N–H and O–H groups in total. The Bertz CT molecular complexity index is 520. The van der Waals surface area contributed by atoms with E-state index in [0.717, 1.165) is 16.2 Å². The zero-order valence-corrected chi connectivity index (χ0v) is 12.4. The number of hydrogen-bond donors (Lipinski definition) is 1. The van der Waals surface area contributed by atoms with E-state index < -0.39 is 6.10 Å². The molecular formula is C14H15ClOS2. The molecule has 0 bridgehead atoms. The van der Waals surface area contributed by atoms with Crippen LogP contribution in [0.15, 0.2) is 17.5 Å². The van der Waals surface area contributed by atoms with Crippen LogP contribution in [0, 0.1) is 0 Å². The number of aliphatic hydroxyl groups excluding tert-OH is 1. The third kappa shape index (κ3) is 2.37. The lowest BCUT2D eigenvalue weighted by Crippen LogP contribution is -1.94. The van der Waals surface area contributed by atoms with Gasteiger partial charge in [0.15, 0.2) is 0 Å². The van der Waals surface area contributed by atoms with Gasteiger partial charge in [0.2, 0.25) is 0 Å². The van der Waals surface area contributed by atoms with Crippen molar-refractivity contribution in [1.82, 2.24) is 0 Å². The van der Waals surface area contributed by atoms with Crippen molar-refractivity contribution in [3.8, 4) is 0 Å². The molecule has 3 rings (SSSR count). The number of rotatable bonds is 2. The minimum atomic E-state index is -0.547. The van der Waals surface area contributed by atoms with E-state index in [-0.39, 0.29) is 0 Å². The molecule has 1 nitrogen and oxygen atoms in total. The van der Waals surface area contributed by atoms with Gasteiger partial charge < -0.3 is 5.11 Å². The molecule has 1 atom stereocenters. The smallest absolute Gasteiger partial charge is 0.124 e. The van der Waals surface area contributed by atoms with E-state index in [2.05, 4.69) is 6.07 Å². The van der Waals surface area contributed by atoms with Crippen molar-refractivity contribution in [2.45, 2.75) is 38.2 Å². The maximum atomic E-state index is 10.4. The molecule has 0 saturated carbocycles. The van der Waals surface area contributed by atoms with E-state index in [1.54, 1.807) is 11.3 Å². The predicted octanol–water partition coefficient (Wildman–Crippen LogP) is 4.81. The Balaban J connectivity index is 1.91. The van der Waals surface area contributed by atoms with Crippen LogP contribution >= 0.6 is 34.3 Å². The Hall–Kier alpha value is -0.350. The number of hydrogen-bond acceptors (Lipinski definition) is 3. The summed E-state index contributed by atoms with van der Waals surface area (Å²) in [5.74, 6) is 0. The zero-order valence-electron chi connectivity index (χ0n) is 9.99. The molecule has 0 radical (unpaired) electrons. The van der Waals surface area contributed by atoms with Gasteiger partial charge in [-0.2, -0.15) is 0 Å². The van der Waals surface area contributed by atoms with Gasteiger partial charge in [-0.3, -0.25) is 0 Å². The van der Waals surface area contributed by atoms with Gasteiger partial charge in [0.25, 0.3) is 0 Å². The van der Waals surface area contributed by atoms with Crippen LogP contribution in [0.2, 0.25) is 5.02 Å². The SMILES string of the molecule is OC(c1cc2c(s1)CCCCC2)c1sccc1Cl. The highest BCUT2D eigenvalue weighted by molar-refractivity contribution is 7.13. The maximum absolute atomic E-state index is 10.4. The van der Waals surface area contributed by atoms with E-state index in [0.29, 0.717) is 5.02 Å². The second-order valence-corrected chi connectivity index (χ2v) is 7.22. The standard InChI is InChI=1S/C14H15ClOS2/c15-10-6-7-17-14(10)13(16)12-8-9-4-2-1-3-5-11(9)18-12/h6-8,13,16H,1-5H2. The summed E-state index contributed by atoms with van der Waals surface area (Å²) >= 11 is 9.38. The number of fused-ring (bicyclic) bond motifs is 1. The lowest BCUT2D eigenvalue weighted by molar-refractivity contribution is 0.228. The van der Waals surface area contributed by atoms with E-state index in [1.807, 2.05) is 11.4 Å². The van der Waals surface area contributed by atoms with Crippen molar-refractivity contribution in [1.29, 1.82) is 0 Å². The first kappa shape index (κ1) is 12.7. The molecule has 0 amide bonds. The normalized spacial score (nSPS) is 17.2. The van der Waals surface area contributed by atoms with Crippen molar-refractivity contribution < 1.29 is 5.11 Å². The van der Waals surface area contributed by atoms with Crippen molar-refractivity contribution in [3.63, 3.8) is 0 Å². The quantitative estimate of drug-likeness (QED) is 0.789. The average molecular weight is 299 g/mol. The maximum Gasteiger partial charge on any atom is 0.124 e. The van der Waals surface area contributed by atoms with E-state index in [9.17, 15) is 5.11 Å². The van der Waals surface area contributed by atoms with E-state index >= 15 is 0 Å². The van der Waals surface area contributed by atoms with Crippen LogP contribution in [0.5, 0.6) is 0 Å². The first-order valence-corrected chi connectivity index (χ1v) is 8.35. The second-order valence-electron chi connectivity index (χ2n) is 4.69. The number of aliphatic hydroxyl groups is 1. The van der Waals surface area contributed by atoms with Gasteiger partial charge in [-0.05, 0) is 48.8 Å². The molecule has 4 heteroatoms. The highest BCUT2D eigenvalue weighted by Gasteiger charge is 2.20. The molecule has 0 saturated heterocycles. The summed E-state index contributed by atoms with van der Waals surface area (Å²) in [6.45, 7) is 0. The van der Waals surface area contributed by atoms with Crippen LogP contribution in [0.3, 0.4) is 0 Å². The number of aryl methyl sites for hydroxylation is 2. The topological polar surface area (TPSA) is 20.2 Å². The fourth-order valence-electron chi connectivity index (χ4n) is 2.45. The molecule has 0 fully saturated rings. The van der Waals surface area contributed by atoms with Crippen molar-refractivity contribution in [2.75, 3.05) is 0 Å². The van der Waals surface area contributed by atoms with Gasteiger partial charge in [0, 0.05) is 9.75 Å². The summed E-state index contributed by atoms with van der Waals surface area (Å²) in [6, 6.07) is 4.04. The van der Waals surface area contributed by atoms with Gasteiger partial charge in [-0.15, -0.1) is 22.7 Å². The molecule has 1 aliphatic rings. The summed E-state index contributed by atoms with van der Waals surface area (Å²) in [5, 5.41) is 13.0. The molecular weight excluding hydrogens is 284 g/mol. The Labute approximate surface area is 120 Å². The first-order valence-electron chi connectivity index (χ1n) is 6.28. The third-order valence-corrected chi connectivity index (χ3v) is 6.13. The Morgan fingerprint density at radius 1 is 1.22 bits per heavy atom.